The Labute approximate surface area is 127 Å². The summed E-state index contributed by atoms with van der Waals surface area (Å²) in [5.41, 5.74) is 1.11. The summed E-state index contributed by atoms with van der Waals surface area (Å²) in [5.74, 6) is -0.189. The third-order valence-electron chi connectivity index (χ3n) is 3.45. The fourth-order valence-corrected chi connectivity index (χ4v) is 2.31. The molecule has 1 aromatic heterocycles. The lowest BCUT2D eigenvalue weighted by molar-refractivity contribution is -0.116. The van der Waals surface area contributed by atoms with E-state index in [9.17, 15) is 9.18 Å². The van der Waals surface area contributed by atoms with Crippen molar-refractivity contribution in [2.75, 3.05) is 5.32 Å². The molecule has 0 aliphatic rings. The van der Waals surface area contributed by atoms with Gasteiger partial charge in [0.05, 0.1) is 6.20 Å². The van der Waals surface area contributed by atoms with Crippen molar-refractivity contribution in [2.45, 2.75) is 12.8 Å². The number of nitrogens with one attached hydrogen (secondary N) is 1. The van der Waals surface area contributed by atoms with Gasteiger partial charge in [0.15, 0.2) is 0 Å². The highest BCUT2D eigenvalue weighted by atomic mass is 19.1. The fourth-order valence-electron chi connectivity index (χ4n) is 2.31. The first-order valence-electron chi connectivity index (χ1n) is 7.10. The van der Waals surface area contributed by atoms with Crippen LogP contribution in [0.15, 0.2) is 60.8 Å². The molecule has 0 spiro atoms. The lowest BCUT2D eigenvalue weighted by Gasteiger charge is -2.05. The van der Waals surface area contributed by atoms with Gasteiger partial charge < -0.3 is 5.32 Å². The molecule has 0 fully saturated rings. The number of carbonyl (C=O) groups excluding carboxylic acids is 1. The Morgan fingerprint density at radius 1 is 1.05 bits per heavy atom. The first kappa shape index (κ1) is 14.2. The molecule has 1 amide bonds. The summed E-state index contributed by atoms with van der Waals surface area (Å²) < 4.78 is 12.7. The minimum absolute atomic E-state index is 0.132. The van der Waals surface area contributed by atoms with Crippen LogP contribution in [0.2, 0.25) is 0 Å². The number of pyridine rings is 1. The molecule has 0 aliphatic carbocycles. The summed E-state index contributed by atoms with van der Waals surface area (Å²) in [6.07, 6.45) is 2.09. The number of hydrogen-bond donors (Lipinski definition) is 1. The lowest BCUT2D eigenvalue weighted by Crippen LogP contribution is -2.13. The first-order chi connectivity index (χ1) is 10.7. The van der Waals surface area contributed by atoms with Crippen molar-refractivity contribution in [2.24, 2.45) is 0 Å². The van der Waals surface area contributed by atoms with Gasteiger partial charge in [-0.25, -0.2) is 9.37 Å². The molecule has 0 unspecified atom stereocenters. The van der Waals surface area contributed by atoms with E-state index in [1.807, 2.05) is 18.2 Å². The van der Waals surface area contributed by atoms with E-state index in [0.29, 0.717) is 18.7 Å². The molecule has 2 aromatic carbocycles. The van der Waals surface area contributed by atoms with Gasteiger partial charge in [-0.3, -0.25) is 4.79 Å². The van der Waals surface area contributed by atoms with Crippen molar-refractivity contribution in [3.63, 3.8) is 0 Å². The molecule has 1 heterocycles. The van der Waals surface area contributed by atoms with Crippen LogP contribution in [0.3, 0.4) is 0 Å². The maximum absolute atomic E-state index is 12.7. The zero-order chi connectivity index (χ0) is 15.4. The standard InChI is InChI=1S/C18H15FN2O/c19-16-8-9-17(20-12-16)21-18(22)10-6-13-5-7-14-3-1-2-4-15(14)11-13/h1-5,7-9,11-12H,6,10H2,(H,20,21,22). The van der Waals surface area contributed by atoms with Crippen LogP contribution in [0.5, 0.6) is 0 Å². The van der Waals surface area contributed by atoms with Crippen LogP contribution in [-0.4, -0.2) is 10.9 Å². The monoisotopic (exact) mass is 294 g/mol. The quantitative estimate of drug-likeness (QED) is 0.791. The first-order valence-corrected chi connectivity index (χ1v) is 7.10. The third-order valence-corrected chi connectivity index (χ3v) is 3.45. The minimum Gasteiger partial charge on any atom is -0.311 e. The molecule has 110 valence electrons. The van der Waals surface area contributed by atoms with Crippen molar-refractivity contribution in [1.82, 2.24) is 4.98 Å². The number of fused-ring (bicyclic) bond motifs is 1. The molecule has 0 atom stereocenters. The molecule has 0 saturated carbocycles. The average Bonchev–Trinajstić information content (AvgIpc) is 2.55. The summed E-state index contributed by atoms with van der Waals surface area (Å²) >= 11 is 0. The maximum atomic E-state index is 12.7. The van der Waals surface area contributed by atoms with Crippen LogP contribution >= 0.6 is 0 Å². The summed E-state index contributed by atoms with van der Waals surface area (Å²) in [6, 6.07) is 17.0. The largest absolute Gasteiger partial charge is 0.311 e. The molecule has 0 bridgehead atoms. The summed E-state index contributed by atoms with van der Waals surface area (Å²) in [4.78, 5) is 15.7. The Hall–Kier alpha value is -2.75. The Bertz CT molecular complexity index is 800. The van der Waals surface area contributed by atoms with Gasteiger partial charge in [-0.1, -0.05) is 42.5 Å². The summed E-state index contributed by atoms with van der Waals surface area (Å²) in [7, 11) is 0. The van der Waals surface area contributed by atoms with Crippen molar-refractivity contribution < 1.29 is 9.18 Å². The van der Waals surface area contributed by atoms with Crippen LogP contribution in [0.1, 0.15) is 12.0 Å². The lowest BCUT2D eigenvalue weighted by atomic mass is 10.0. The zero-order valence-electron chi connectivity index (χ0n) is 11.9. The predicted octanol–water partition coefficient (Wildman–Crippen LogP) is 3.95. The van der Waals surface area contributed by atoms with Crippen LogP contribution < -0.4 is 5.32 Å². The zero-order valence-corrected chi connectivity index (χ0v) is 11.9. The van der Waals surface area contributed by atoms with Gasteiger partial charge in [-0.2, -0.15) is 0 Å². The highest BCUT2D eigenvalue weighted by Crippen LogP contribution is 2.16. The van der Waals surface area contributed by atoms with E-state index in [4.69, 9.17) is 0 Å². The Morgan fingerprint density at radius 2 is 1.86 bits per heavy atom. The van der Waals surface area contributed by atoms with Gasteiger partial charge in [0.1, 0.15) is 11.6 Å². The second-order valence-electron chi connectivity index (χ2n) is 5.09. The molecule has 0 saturated heterocycles. The topological polar surface area (TPSA) is 42.0 Å². The van der Waals surface area contributed by atoms with E-state index in [1.165, 1.54) is 22.9 Å². The van der Waals surface area contributed by atoms with Crippen molar-refractivity contribution in [3.8, 4) is 0 Å². The van der Waals surface area contributed by atoms with Crippen LogP contribution in [0.25, 0.3) is 10.8 Å². The number of carbonyl (C=O) groups is 1. The molecule has 0 aliphatic heterocycles. The molecular weight excluding hydrogens is 279 g/mol. The molecular formula is C18H15FN2O. The Morgan fingerprint density at radius 3 is 2.64 bits per heavy atom. The number of halogens is 1. The Balaban J connectivity index is 1.60. The van der Waals surface area contributed by atoms with E-state index in [0.717, 1.165) is 11.8 Å². The van der Waals surface area contributed by atoms with E-state index in [1.54, 1.807) is 0 Å². The summed E-state index contributed by atoms with van der Waals surface area (Å²) in [6.45, 7) is 0. The molecule has 3 nitrogen and oxygen atoms in total. The van der Waals surface area contributed by atoms with Gasteiger partial charge in [0.2, 0.25) is 5.91 Å². The summed E-state index contributed by atoms with van der Waals surface area (Å²) in [5, 5.41) is 5.01. The van der Waals surface area contributed by atoms with Gasteiger partial charge in [0, 0.05) is 6.42 Å². The number of benzene rings is 2. The molecule has 4 heteroatoms. The van der Waals surface area contributed by atoms with Gasteiger partial charge >= 0.3 is 0 Å². The van der Waals surface area contributed by atoms with Crippen molar-refractivity contribution in [3.05, 3.63) is 72.2 Å². The van der Waals surface area contributed by atoms with Crippen molar-refractivity contribution >= 4 is 22.5 Å². The van der Waals surface area contributed by atoms with Crippen LogP contribution in [0, 0.1) is 5.82 Å². The highest BCUT2D eigenvalue weighted by Gasteiger charge is 2.05. The number of rotatable bonds is 4. The maximum Gasteiger partial charge on any atom is 0.225 e. The van der Waals surface area contributed by atoms with Gasteiger partial charge in [0.25, 0.3) is 0 Å². The SMILES string of the molecule is O=C(CCc1ccc2ccccc2c1)Nc1ccc(F)cn1. The van der Waals surface area contributed by atoms with E-state index < -0.39 is 5.82 Å². The smallest absolute Gasteiger partial charge is 0.225 e. The normalized spacial score (nSPS) is 10.6. The average molecular weight is 294 g/mol. The minimum atomic E-state index is -0.422. The number of hydrogen-bond acceptors (Lipinski definition) is 2. The molecule has 3 aromatic rings. The van der Waals surface area contributed by atoms with Gasteiger partial charge in [-0.05, 0) is 34.9 Å². The van der Waals surface area contributed by atoms with E-state index >= 15 is 0 Å². The van der Waals surface area contributed by atoms with E-state index in [-0.39, 0.29) is 5.91 Å². The highest BCUT2D eigenvalue weighted by molar-refractivity contribution is 5.90. The number of anilines is 1. The number of aryl methyl sites for hydroxylation is 1. The second kappa shape index (κ2) is 6.35. The van der Waals surface area contributed by atoms with Gasteiger partial charge in [-0.15, -0.1) is 0 Å². The van der Waals surface area contributed by atoms with E-state index in [2.05, 4.69) is 34.6 Å². The molecule has 3 rings (SSSR count). The van der Waals surface area contributed by atoms with Crippen LogP contribution in [-0.2, 0) is 11.2 Å². The number of aromatic nitrogens is 1. The second-order valence-corrected chi connectivity index (χ2v) is 5.09. The third kappa shape index (κ3) is 3.47. The van der Waals surface area contributed by atoms with Crippen molar-refractivity contribution in [1.29, 1.82) is 0 Å². The van der Waals surface area contributed by atoms with Crippen LogP contribution in [0.4, 0.5) is 10.2 Å². The molecule has 22 heavy (non-hydrogen) atoms. The number of nitrogens with zero attached hydrogens (tertiary/aromatic N) is 1. The predicted molar refractivity (Wildman–Crippen MR) is 85.1 cm³/mol. The molecule has 0 radical (unpaired) electrons. The molecule has 1 N–H and O–H groups in total. The Kier molecular flexibility index (Phi) is 4.10. The number of amides is 1. The fraction of sp³-hybridized carbons (Fsp3) is 0.111.